The Morgan fingerprint density at radius 1 is 1.35 bits per heavy atom. The highest BCUT2D eigenvalue weighted by molar-refractivity contribution is 4.96. The summed E-state index contributed by atoms with van der Waals surface area (Å²) in [6.45, 7) is 9.81. The van der Waals surface area contributed by atoms with Crippen LogP contribution in [0.15, 0.2) is 0 Å². The van der Waals surface area contributed by atoms with Crippen LogP contribution in [0.3, 0.4) is 0 Å². The van der Waals surface area contributed by atoms with E-state index < -0.39 is 0 Å². The Bertz CT molecular complexity index is 289. The average Bonchev–Trinajstić information content (AvgIpc) is 2.86. The third-order valence-corrected chi connectivity index (χ3v) is 4.81. The van der Waals surface area contributed by atoms with Crippen molar-refractivity contribution in [3.8, 4) is 0 Å². The summed E-state index contributed by atoms with van der Waals surface area (Å²) in [5.41, 5.74) is -0.0221. The molecular formula is C16H31NO3. The van der Waals surface area contributed by atoms with E-state index >= 15 is 0 Å². The van der Waals surface area contributed by atoms with E-state index in [1.165, 1.54) is 0 Å². The normalized spacial score (nSPS) is 33.8. The van der Waals surface area contributed by atoms with Crippen LogP contribution in [-0.4, -0.2) is 51.2 Å². The lowest BCUT2D eigenvalue weighted by Crippen LogP contribution is -2.53. The molecule has 2 aliphatic rings. The summed E-state index contributed by atoms with van der Waals surface area (Å²) in [7, 11) is 2.06. The first-order valence-corrected chi connectivity index (χ1v) is 8.12. The molecule has 0 radical (unpaired) electrons. The minimum atomic E-state index is -0.0221. The van der Waals surface area contributed by atoms with Gasteiger partial charge in [0.15, 0.2) is 0 Å². The van der Waals surface area contributed by atoms with Gasteiger partial charge in [-0.05, 0) is 38.6 Å². The van der Waals surface area contributed by atoms with Gasteiger partial charge in [0.05, 0.1) is 18.3 Å². The zero-order chi connectivity index (χ0) is 14.6. The van der Waals surface area contributed by atoms with Crippen molar-refractivity contribution >= 4 is 0 Å². The lowest BCUT2D eigenvalue weighted by molar-refractivity contribution is -0.115. The van der Waals surface area contributed by atoms with Crippen molar-refractivity contribution in [1.29, 1.82) is 0 Å². The number of ether oxygens (including phenoxy) is 3. The summed E-state index contributed by atoms with van der Waals surface area (Å²) in [4.78, 5) is 0. The quantitative estimate of drug-likeness (QED) is 0.812. The van der Waals surface area contributed by atoms with Crippen molar-refractivity contribution in [2.24, 2.45) is 11.8 Å². The van der Waals surface area contributed by atoms with Gasteiger partial charge in [-0.25, -0.2) is 0 Å². The highest BCUT2D eigenvalue weighted by Gasteiger charge is 2.44. The van der Waals surface area contributed by atoms with Crippen molar-refractivity contribution in [2.45, 2.75) is 57.8 Å². The first-order valence-electron chi connectivity index (χ1n) is 8.12. The summed E-state index contributed by atoms with van der Waals surface area (Å²) in [6, 6.07) is 0.399. The maximum absolute atomic E-state index is 6.06. The summed E-state index contributed by atoms with van der Waals surface area (Å²) >= 11 is 0. The van der Waals surface area contributed by atoms with Gasteiger partial charge in [-0.15, -0.1) is 0 Å². The second-order valence-corrected chi connectivity index (χ2v) is 6.57. The number of nitrogens with one attached hydrogen (secondary N) is 1. The van der Waals surface area contributed by atoms with Gasteiger partial charge in [-0.1, -0.05) is 13.8 Å². The molecule has 2 saturated heterocycles. The molecule has 1 N–H and O–H groups in total. The molecule has 1 spiro atoms. The van der Waals surface area contributed by atoms with Gasteiger partial charge in [0.25, 0.3) is 0 Å². The molecule has 2 fully saturated rings. The van der Waals surface area contributed by atoms with Gasteiger partial charge >= 0.3 is 0 Å². The van der Waals surface area contributed by atoms with Crippen LogP contribution in [0.2, 0.25) is 0 Å². The van der Waals surface area contributed by atoms with E-state index in [0.29, 0.717) is 17.9 Å². The van der Waals surface area contributed by atoms with Crippen LogP contribution < -0.4 is 5.32 Å². The zero-order valence-corrected chi connectivity index (χ0v) is 13.5. The van der Waals surface area contributed by atoms with Gasteiger partial charge in [0, 0.05) is 32.3 Å². The average molecular weight is 285 g/mol. The molecule has 0 aromatic carbocycles. The maximum Gasteiger partial charge on any atom is 0.0939 e. The molecule has 0 aromatic rings. The van der Waals surface area contributed by atoms with E-state index in [1.807, 2.05) is 0 Å². The van der Waals surface area contributed by atoms with Crippen LogP contribution >= 0.6 is 0 Å². The number of hydrogen-bond donors (Lipinski definition) is 1. The molecule has 4 heteroatoms. The Labute approximate surface area is 123 Å². The minimum Gasteiger partial charge on any atom is -0.378 e. The van der Waals surface area contributed by atoms with Crippen LogP contribution in [0.25, 0.3) is 0 Å². The number of likely N-dealkylation sites (N-methyl/N-ethyl adjacent to an activating group) is 1. The smallest absolute Gasteiger partial charge is 0.0939 e. The molecule has 2 aliphatic heterocycles. The Morgan fingerprint density at radius 2 is 2.15 bits per heavy atom. The van der Waals surface area contributed by atoms with Crippen molar-refractivity contribution in [3.05, 3.63) is 0 Å². The fraction of sp³-hybridized carbons (Fsp3) is 1.00. The highest BCUT2D eigenvalue weighted by Crippen LogP contribution is 2.38. The van der Waals surface area contributed by atoms with Gasteiger partial charge in [-0.3, -0.25) is 0 Å². The van der Waals surface area contributed by atoms with Gasteiger partial charge in [-0.2, -0.15) is 0 Å². The molecule has 2 heterocycles. The Balaban J connectivity index is 2.05. The molecule has 0 bridgehead atoms. The summed E-state index contributed by atoms with van der Waals surface area (Å²) < 4.78 is 17.7. The molecular weight excluding hydrogens is 254 g/mol. The number of hydrogen-bond acceptors (Lipinski definition) is 4. The van der Waals surface area contributed by atoms with Gasteiger partial charge in [0.2, 0.25) is 0 Å². The second kappa shape index (κ2) is 7.21. The molecule has 0 amide bonds. The standard InChI is InChI=1S/C16H31NO3/c1-5-19-15(12(2)3)14(17-4)13-6-8-20-16(10-13)7-9-18-11-16/h12-15,17H,5-11H2,1-4H3. The van der Waals surface area contributed by atoms with E-state index in [1.54, 1.807) is 0 Å². The Morgan fingerprint density at radius 3 is 2.70 bits per heavy atom. The fourth-order valence-electron chi connectivity index (χ4n) is 3.81. The topological polar surface area (TPSA) is 39.7 Å². The van der Waals surface area contributed by atoms with Crippen molar-refractivity contribution in [3.63, 3.8) is 0 Å². The van der Waals surface area contributed by atoms with Crippen molar-refractivity contribution in [2.75, 3.05) is 33.5 Å². The van der Waals surface area contributed by atoms with Gasteiger partial charge < -0.3 is 19.5 Å². The van der Waals surface area contributed by atoms with Crippen LogP contribution in [0.1, 0.15) is 40.0 Å². The zero-order valence-electron chi connectivity index (χ0n) is 13.5. The molecule has 0 aromatic heterocycles. The lowest BCUT2D eigenvalue weighted by Gasteiger charge is -2.43. The highest BCUT2D eigenvalue weighted by atomic mass is 16.6. The molecule has 4 atom stereocenters. The maximum atomic E-state index is 6.06. The molecule has 0 aliphatic carbocycles. The van der Waals surface area contributed by atoms with E-state index in [2.05, 4.69) is 33.1 Å². The number of rotatable bonds is 6. The predicted octanol–water partition coefficient (Wildman–Crippen LogP) is 2.22. The van der Waals surface area contributed by atoms with E-state index in [4.69, 9.17) is 14.2 Å². The van der Waals surface area contributed by atoms with Crippen molar-refractivity contribution < 1.29 is 14.2 Å². The van der Waals surface area contributed by atoms with E-state index in [-0.39, 0.29) is 11.7 Å². The van der Waals surface area contributed by atoms with Crippen molar-refractivity contribution in [1.82, 2.24) is 5.32 Å². The third-order valence-electron chi connectivity index (χ3n) is 4.81. The first kappa shape index (κ1) is 16.2. The summed E-state index contributed by atoms with van der Waals surface area (Å²) in [6.07, 6.45) is 3.52. The summed E-state index contributed by atoms with van der Waals surface area (Å²) in [5, 5.41) is 3.52. The molecule has 0 saturated carbocycles. The van der Waals surface area contributed by atoms with Crippen LogP contribution in [0, 0.1) is 11.8 Å². The van der Waals surface area contributed by atoms with Crippen LogP contribution in [-0.2, 0) is 14.2 Å². The minimum absolute atomic E-state index is 0.0221. The molecule has 4 unspecified atom stereocenters. The first-order chi connectivity index (χ1) is 9.62. The Kier molecular flexibility index (Phi) is 5.84. The molecule has 20 heavy (non-hydrogen) atoms. The third kappa shape index (κ3) is 3.53. The Hall–Kier alpha value is -0.160. The second-order valence-electron chi connectivity index (χ2n) is 6.57. The SMILES string of the molecule is CCOC(C(C)C)C(NC)C1CCOC2(CCOC2)C1. The molecule has 2 rings (SSSR count). The molecule has 118 valence electrons. The van der Waals surface area contributed by atoms with Crippen LogP contribution in [0.5, 0.6) is 0 Å². The van der Waals surface area contributed by atoms with Crippen LogP contribution in [0.4, 0.5) is 0 Å². The fourth-order valence-corrected chi connectivity index (χ4v) is 3.81. The van der Waals surface area contributed by atoms with E-state index in [0.717, 1.165) is 45.7 Å². The van der Waals surface area contributed by atoms with Gasteiger partial charge in [0.1, 0.15) is 0 Å². The largest absolute Gasteiger partial charge is 0.378 e. The lowest BCUT2D eigenvalue weighted by atomic mass is 9.77. The van der Waals surface area contributed by atoms with E-state index in [9.17, 15) is 0 Å². The summed E-state index contributed by atoms with van der Waals surface area (Å²) in [5.74, 6) is 1.13. The predicted molar refractivity (Wildman–Crippen MR) is 79.9 cm³/mol. The molecule has 4 nitrogen and oxygen atoms in total. The monoisotopic (exact) mass is 285 g/mol.